The zero-order valence-corrected chi connectivity index (χ0v) is 37.5. The first-order valence-electron chi connectivity index (χ1n) is 15.3. The van der Waals surface area contributed by atoms with Crippen molar-refractivity contribution < 1.29 is 136 Å². The van der Waals surface area contributed by atoms with Crippen LogP contribution in [0.3, 0.4) is 0 Å². The number of benzene rings is 4. The van der Waals surface area contributed by atoms with Gasteiger partial charge < -0.3 is 28.9 Å². The van der Waals surface area contributed by atoms with Crippen LogP contribution in [0, 0.1) is 0 Å². The van der Waals surface area contributed by atoms with Gasteiger partial charge in [-0.2, -0.15) is 10.2 Å². The van der Waals surface area contributed by atoms with Crippen LogP contribution in [0.4, 0.5) is 17.1 Å². The minimum atomic E-state index is -5.38. The van der Waals surface area contributed by atoms with E-state index in [0.29, 0.717) is 17.2 Å². The molecule has 4 N–H and O–H groups in total. The second-order valence-corrected chi connectivity index (χ2v) is 15.6. The number of carbonyl (C=O) groups excluding carboxylic acids is 2. The molecule has 0 unspecified atom stereocenters. The van der Waals surface area contributed by atoms with Crippen molar-refractivity contribution in [2.45, 2.75) is 4.90 Å². The molecule has 284 valence electrons. The van der Waals surface area contributed by atoms with Gasteiger partial charge in [-0.1, -0.05) is 36.4 Å². The second-order valence-electron chi connectivity index (χ2n) is 11.6. The summed E-state index contributed by atoms with van der Waals surface area (Å²) in [6.45, 7) is 0. The molecule has 0 spiro atoms. The largest absolute Gasteiger partial charge is 1.00 e. The van der Waals surface area contributed by atoms with Crippen molar-refractivity contribution in [2.75, 3.05) is 30.8 Å². The minimum Gasteiger partial charge on any atom is -0.744 e. The summed E-state index contributed by atoms with van der Waals surface area (Å²) in [7, 11) is -12.7. The number of fused-ring (bicyclic) bond motifs is 2. The Labute approximate surface area is 388 Å². The normalized spacial score (nSPS) is 15.1. The molecule has 0 saturated carbocycles. The average molecular weight is 860 g/mol. The van der Waals surface area contributed by atoms with E-state index in [2.05, 4.69) is 21.1 Å². The van der Waals surface area contributed by atoms with Crippen LogP contribution in [-0.2, 0) is 30.4 Å². The van der Waals surface area contributed by atoms with Gasteiger partial charge >= 0.3 is 78.0 Å². The number of anilines is 3. The predicted octanol–water partition coefficient (Wildman–Crippen LogP) is -6.03. The summed E-state index contributed by atoms with van der Waals surface area (Å²) < 4.78 is 118. The molecule has 0 aromatic heterocycles. The number of Topliss-reactive ketones (excluding diaryl/α,β-unsaturated/α-hetero) is 2. The zero-order valence-electron chi connectivity index (χ0n) is 31.1. The molecule has 0 saturated heterocycles. The number of nitrogens with one attached hydrogen (secondary N) is 2. The van der Waals surface area contributed by atoms with Gasteiger partial charge in [0.15, 0.2) is 0 Å². The van der Waals surface area contributed by atoms with Gasteiger partial charge in [0.2, 0.25) is 11.6 Å². The molecule has 4 aromatic rings. The minimum absolute atomic E-state index is 0. The maximum absolute atomic E-state index is 13.4. The fraction of sp³-hybridized carbons (Fsp3) is 0.0588. The maximum atomic E-state index is 13.4. The fourth-order valence-corrected chi connectivity index (χ4v) is 7.56. The molecule has 4 aromatic carbocycles. The monoisotopic (exact) mass is 859 g/mol. The van der Waals surface area contributed by atoms with Crippen LogP contribution < -0.4 is 104 Å². The molecule has 0 bridgehead atoms. The standard InChI is InChI=1S/C34H27N5O13S3.Li.2Na/c1-51-27-12-17(7-9-24(27)36-38-26-16-29(54(45,46)47)21-5-3-4-6-22(21)33(26)40)18-8-10-25(28(13-18)52-2)37-39-32-30(55(48,49)50)14-19-11-20(53(42,43)44)15-23(35)31(19)34(32)41;;;/h3-16,36-37H,35H2,1-2H3,(H,42,43,44)(H,45,46,47)(H,48,49,50);;;/q;3*+1/p-3/b38-26-,39-32+;;;. The number of nitrogens with zero attached hydrogens (tertiary/aromatic N) is 2. The van der Waals surface area contributed by atoms with E-state index in [1.54, 1.807) is 30.3 Å². The van der Waals surface area contributed by atoms with Crippen molar-refractivity contribution >= 4 is 81.4 Å². The first-order chi connectivity index (χ1) is 25.8. The number of methoxy groups -OCH3 is 2. The SMILES string of the molecule is COc1cc(-c2ccc(N/N=C3/C(=O)c4c(N)cc(S(=O)(=O)[O-])cc4C=C3S(=O)(=O)[O-])c(OC)c2)ccc1N/N=C1/C=C(S(=O)(=O)[O-])c2ccccc2C1=O.[Li+].[Na+].[Na+]. The third kappa shape index (κ3) is 10.0. The number of nitrogens with two attached hydrogens (primary N) is 1. The van der Waals surface area contributed by atoms with E-state index in [9.17, 15) is 48.5 Å². The topological polar surface area (TPSA) is 299 Å². The number of nitrogen functional groups attached to an aromatic ring is 1. The maximum Gasteiger partial charge on any atom is 1.00 e. The number of carbonyl (C=O) groups is 2. The molecule has 24 heteroatoms. The van der Waals surface area contributed by atoms with Crippen molar-refractivity contribution in [1.82, 2.24) is 0 Å². The van der Waals surface area contributed by atoms with E-state index in [4.69, 9.17) is 15.2 Å². The summed E-state index contributed by atoms with van der Waals surface area (Å²) in [6.07, 6.45) is 1.59. The van der Waals surface area contributed by atoms with Crippen molar-refractivity contribution in [2.24, 2.45) is 10.2 Å². The Balaban J connectivity index is 0.00000300. The molecule has 6 rings (SSSR count). The first-order valence-corrected chi connectivity index (χ1v) is 19.5. The van der Waals surface area contributed by atoms with Gasteiger partial charge in [-0.3, -0.25) is 20.4 Å². The van der Waals surface area contributed by atoms with Crippen molar-refractivity contribution in [3.05, 3.63) is 106 Å². The van der Waals surface area contributed by atoms with Gasteiger partial charge in [-0.25, -0.2) is 25.3 Å². The molecule has 2 aliphatic carbocycles. The smallest absolute Gasteiger partial charge is 0.744 e. The van der Waals surface area contributed by atoms with Crippen LogP contribution in [0.2, 0.25) is 0 Å². The summed E-state index contributed by atoms with van der Waals surface area (Å²) in [4.78, 5) is 23.9. The van der Waals surface area contributed by atoms with E-state index in [1.807, 2.05) is 0 Å². The molecule has 0 fully saturated rings. The molecule has 0 amide bonds. The molecule has 58 heavy (non-hydrogen) atoms. The summed E-state index contributed by atoms with van der Waals surface area (Å²) >= 11 is 0. The summed E-state index contributed by atoms with van der Waals surface area (Å²) in [5, 5.41) is 7.92. The fourth-order valence-electron chi connectivity index (χ4n) is 5.67. The van der Waals surface area contributed by atoms with Crippen molar-refractivity contribution in [1.29, 1.82) is 0 Å². The molecule has 0 radical (unpaired) electrons. The van der Waals surface area contributed by atoms with E-state index >= 15 is 0 Å². The number of hydrogen-bond acceptors (Lipinski definition) is 18. The number of hydrazone groups is 2. The molecule has 0 atom stereocenters. The predicted molar refractivity (Wildman–Crippen MR) is 196 cm³/mol. The van der Waals surface area contributed by atoms with E-state index in [-0.39, 0.29) is 129 Å². The quantitative estimate of drug-likeness (QED) is 0.0579. The summed E-state index contributed by atoms with van der Waals surface area (Å²) in [6, 6.07) is 16.6. The summed E-state index contributed by atoms with van der Waals surface area (Å²) in [5.74, 6) is -1.40. The van der Waals surface area contributed by atoms with Gasteiger partial charge in [-0.15, -0.1) is 0 Å². The van der Waals surface area contributed by atoms with Crippen LogP contribution >= 0.6 is 0 Å². The van der Waals surface area contributed by atoms with E-state index in [1.165, 1.54) is 44.6 Å². The van der Waals surface area contributed by atoms with E-state index in [0.717, 1.165) is 18.2 Å². The Kier molecular flexibility index (Phi) is 15.7. The van der Waals surface area contributed by atoms with Crippen LogP contribution in [0.1, 0.15) is 31.8 Å². The summed E-state index contributed by atoms with van der Waals surface area (Å²) in [5.41, 5.74) is 10.0. The van der Waals surface area contributed by atoms with Gasteiger partial charge in [0.05, 0.1) is 45.9 Å². The van der Waals surface area contributed by atoms with Crippen LogP contribution in [-0.4, -0.2) is 76.1 Å². The third-order valence-electron chi connectivity index (χ3n) is 8.22. The number of hydrogen-bond donors (Lipinski definition) is 3. The van der Waals surface area contributed by atoms with Crippen molar-refractivity contribution in [3.63, 3.8) is 0 Å². The molecular formula is C34H24LiN5Na2O13S3. The Morgan fingerprint density at radius 1 is 0.638 bits per heavy atom. The Morgan fingerprint density at radius 3 is 1.66 bits per heavy atom. The van der Waals surface area contributed by atoms with Crippen LogP contribution in [0.15, 0.2) is 98.9 Å². The molecule has 0 aliphatic heterocycles. The number of allylic oxidation sites excluding steroid dienone is 2. The van der Waals surface area contributed by atoms with Crippen molar-refractivity contribution in [3.8, 4) is 22.6 Å². The second kappa shape index (κ2) is 18.7. The Bertz CT molecular complexity index is 2830. The number of rotatable bonds is 10. The van der Waals surface area contributed by atoms with Gasteiger partial charge in [0.25, 0.3) is 0 Å². The molecule has 18 nitrogen and oxygen atoms in total. The first kappa shape index (κ1) is 48.7. The van der Waals surface area contributed by atoms with Gasteiger partial charge in [0.1, 0.15) is 53.3 Å². The Morgan fingerprint density at radius 2 is 1.16 bits per heavy atom. The number of ketones is 2. The Hall–Kier alpha value is -3.63. The van der Waals surface area contributed by atoms with Crippen LogP contribution in [0.5, 0.6) is 11.5 Å². The zero-order chi connectivity index (χ0) is 40.0. The third-order valence-corrected chi connectivity index (χ3v) is 10.8. The van der Waals surface area contributed by atoms with Crippen LogP contribution in [0.25, 0.3) is 22.1 Å². The van der Waals surface area contributed by atoms with Gasteiger partial charge in [-0.05, 0) is 65.2 Å². The average Bonchev–Trinajstić information content (AvgIpc) is 3.12. The molecular weight excluding hydrogens is 836 g/mol. The molecule has 2 aliphatic rings. The van der Waals surface area contributed by atoms with Gasteiger partial charge in [0, 0.05) is 16.8 Å². The molecule has 0 heterocycles. The van der Waals surface area contributed by atoms with E-state index < -0.39 is 68.0 Å². The number of ether oxygens (including phenoxy) is 2.